The fraction of sp³-hybridized carbons (Fsp3) is 0.375. The van der Waals surface area contributed by atoms with Crippen molar-refractivity contribution in [3.05, 3.63) is 36.5 Å². The Morgan fingerprint density at radius 1 is 1.26 bits per heavy atom. The summed E-state index contributed by atoms with van der Waals surface area (Å²) in [5.74, 6) is -1.26. The first-order chi connectivity index (χ1) is 11.0. The van der Waals surface area contributed by atoms with Crippen LogP contribution in [0.5, 0.6) is 0 Å². The summed E-state index contributed by atoms with van der Waals surface area (Å²) in [6.45, 7) is 3.75. The number of nitrogens with one attached hydrogen (secondary N) is 1. The number of aromatic nitrogens is 3. The second kappa shape index (κ2) is 7.53. The fourth-order valence-corrected chi connectivity index (χ4v) is 2.20. The van der Waals surface area contributed by atoms with Crippen LogP contribution in [0.25, 0.3) is 11.3 Å². The molecule has 0 fully saturated rings. The third-order valence-corrected chi connectivity index (χ3v) is 3.25. The van der Waals surface area contributed by atoms with Crippen LogP contribution in [-0.4, -0.2) is 38.0 Å². The van der Waals surface area contributed by atoms with Crippen LogP contribution >= 0.6 is 0 Å². The molecule has 2 aromatic rings. The third-order valence-electron chi connectivity index (χ3n) is 3.25. The van der Waals surface area contributed by atoms with Gasteiger partial charge in [-0.3, -0.25) is 4.79 Å². The van der Waals surface area contributed by atoms with E-state index in [1.807, 2.05) is 44.2 Å². The third kappa shape index (κ3) is 4.91. The first kappa shape index (κ1) is 16.7. The van der Waals surface area contributed by atoms with Crippen molar-refractivity contribution in [1.29, 1.82) is 0 Å². The second-order valence-electron chi connectivity index (χ2n) is 5.76. The Morgan fingerprint density at radius 2 is 1.96 bits per heavy atom. The summed E-state index contributed by atoms with van der Waals surface area (Å²) in [6, 6.07) is 8.60. The topological polar surface area (TPSA) is 97.1 Å². The maximum absolute atomic E-state index is 12.0. The molecule has 1 aromatic heterocycles. The van der Waals surface area contributed by atoms with Crippen LogP contribution in [0, 0.1) is 5.92 Å². The number of carboxylic acids is 1. The number of benzene rings is 1. The average Bonchev–Trinajstić information content (AvgIpc) is 2.95. The molecule has 2 N–H and O–H groups in total. The van der Waals surface area contributed by atoms with E-state index in [2.05, 4.69) is 15.6 Å². The van der Waals surface area contributed by atoms with E-state index >= 15 is 0 Å². The number of carbonyl (C=O) groups is 2. The van der Waals surface area contributed by atoms with Crippen LogP contribution < -0.4 is 5.32 Å². The molecule has 0 aliphatic rings. The maximum Gasteiger partial charge on any atom is 0.326 e. The minimum atomic E-state index is -1.03. The summed E-state index contributed by atoms with van der Waals surface area (Å²) >= 11 is 0. The highest BCUT2D eigenvalue weighted by Crippen LogP contribution is 2.14. The standard InChI is InChI=1S/C16H20N4O3/c1-11(2)8-13(16(22)23)17-15(21)10-20-9-14(18-19-20)12-6-4-3-5-7-12/h3-7,9,11,13H,8,10H2,1-2H3,(H,17,21)(H,22,23)/t13-/m0/s1. The zero-order chi connectivity index (χ0) is 16.8. The van der Waals surface area contributed by atoms with Gasteiger partial charge in [0.1, 0.15) is 18.3 Å². The highest BCUT2D eigenvalue weighted by molar-refractivity contribution is 5.83. The van der Waals surface area contributed by atoms with Gasteiger partial charge >= 0.3 is 5.97 Å². The molecule has 0 bridgehead atoms. The summed E-state index contributed by atoms with van der Waals surface area (Å²) in [7, 11) is 0. The number of carbonyl (C=O) groups excluding carboxylic acids is 1. The van der Waals surface area contributed by atoms with Crippen molar-refractivity contribution in [2.24, 2.45) is 5.92 Å². The molecule has 0 unspecified atom stereocenters. The zero-order valence-electron chi connectivity index (χ0n) is 13.1. The molecule has 1 amide bonds. The first-order valence-electron chi connectivity index (χ1n) is 7.43. The Balaban J connectivity index is 1.98. The molecule has 0 radical (unpaired) electrons. The summed E-state index contributed by atoms with van der Waals surface area (Å²) in [5.41, 5.74) is 1.57. The lowest BCUT2D eigenvalue weighted by molar-refractivity contribution is -0.142. The van der Waals surface area contributed by atoms with Gasteiger partial charge in [0.05, 0.1) is 6.20 Å². The van der Waals surface area contributed by atoms with Crippen molar-refractivity contribution >= 4 is 11.9 Å². The van der Waals surface area contributed by atoms with Crippen molar-refractivity contribution in [2.45, 2.75) is 32.9 Å². The number of hydrogen-bond acceptors (Lipinski definition) is 4. The molecule has 0 spiro atoms. The minimum Gasteiger partial charge on any atom is -0.480 e. The van der Waals surface area contributed by atoms with Gasteiger partial charge in [-0.25, -0.2) is 9.48 Å². The maximum atomic E-state index is 12.0. The van der Waals surface area contributed by atoms with Gasteiger partial charge < -0.3 is 10.4 Å². The van der Waals surface area contributed by atoms with E-state index in [1.54, 1.807) is 6.20 Å². The first-order valence-corrected chi connectivity index (χ1v) is 7.43. The number of rotatable bonds is 7. The molecule has 0 aliphatic carbocycles. The molecule has 7 heteroatoms. The smallest absolute Gasteiger partial charge is 0.326 e. The van der Waals surface area contributed by atoms with E-state index in [9.17, 15) is 9.59 Å². The van der Waals surface area contributed by atoms with Crippen molar-refractivity contribution in [1.82, 2.24) is 20.3 Å². The lowest BCUT2D eigenvalue weighted by Crippen LogP contribution is -2.43. The average molecular weight is 316 g/mol. The van der Waals surface area contributed by atoms with Gasteiger partial charge in [-0.15, -0.1) is 5.10 Å². The van der Waals surface area contributed by atoms with Crippen LogP contribution in [0.2, 0.25) is 0 Å². The zero-order valence-corrected chi connectivity index (χ0v) is 13.1. The number of amides is 1. The Bertz CT molecular complexity index is 667. The minimum absolute atomic E-state index is 0.0677. The molecule has 0 saturated carbocycles. The SMILES string of the molecule is CC(C)C[C@H](NC(=O)Cn1cc(-c2ccccc2)nn1)C(=O)O. The van der Waals surface area contributed by atoms with E-state index < -0.39 is 17.9 Å². The van der Waals surface area contributed by atoms with Gasteiger partial charge in [-0.05, 0) is 12.3 Å². The van der Waals surface area contributed by atoms with Crippen LogP contribution in [0.4, 0.5) is 0 Å². The lowest BCUT2D eigenvalue weighted by atomic mass is 10.0. The van der Waals surface area contributed by atoms with E-state index in [-0.39, 0.29) is 12.5 Å². The normalized spacial score (nSPS) is 12.1. The number of carboxylic acid groups (broad SMARTS) is 1. The quantitative estimate of drug-likeness (QED) is 0.808. The van der Waals surface area contributed by atoms with E-state index in [4.69, 9.17) is 5.11 Å². The van der Waals surface area contributed by atoms with Crippen LogP contribution in [0.1, 0.15) is 20.3 Å². The Labute approximate surface area is 134 Å². The fourth-order valence-electron chi connectivity index (χ4n) is 2.20. The largest absolute Gasteiger partial charge is 0.480 e. The van der Waals surface area contributed by atoms with Gasteiger partial charge in [-0.1, -0.05) is 49.4 Å². The summed E-state index contributed by atoms with van der Waals surface area (Å²) in [5, 5.41) is 19.6. The summed E-state index contributed by atoms with van der Waals surface area (Å²) in [4.78, 5) is 23.2. The highest BCUT2D eigenvalue weighted by atomic mass is 16.4. The molecule has 23 heavy (non-hydrogen) atoms. The van der Waals surface area contributed by atoms with Gasteiger partial charge in [0.25, 0.3) is 0 Å². The van der Waals surface area contributed by atoms with E-state index in [0.29, 0.717) is 12.1 Å². The molecular weight excluding hydrogens is 296 g/mol. The van der Waals surface area contributed by atoms with Crippen LogP contribution in [-0.2, 0) is 16.1 Å². The van der Waals surface area contributed by atoms with Crippen molar-refractivity contribution in [3.8, 4) is 11.3 Å². The number of nitrogens with zero attached hydrogens (tertiary/aromatic N) is 3. The molecule has 1 atom stereocenters. The second-order valence-corrected chi connectivity index (χ2v) is 5.76. The molecule has 1 heterocycles. The van der Waals surface area contributed by atoms with Gasteiger partial charge in [0.2, 0.25) is 5.91 Å². The van der Waals surface area contributed by atoms with E-state index in [1.165, 1.54) is 4.68 Å². The molecule has 1 aromatic carbocycles. The highest BCUT2D eigenvalue weighted by Gasteiger charge is 2.21. The Kier molecular flexibility index (Phi) is 5.46. The summed E-state index contributed by atoms with van der Waals surface area (Å²) < 4.78 is 1.39. The number of aliphatic carboxylic acids is 1. The van der Waals surface area contributed by atoms with Gasteiger partial charge in [0.15, 0.2) is 0 Å². The Morgan fingerprint density at radius 3 is 2.57 bits per heavy atom. The molecule has 122 valence electrons. The molecule has 0 saturated heterocycles. The van der Waals surface area contributed by atoms with Crippen molar-refractivity contribution in [2.75, 3.05) is 0 Å². The molecule has 7 nitrogen and oxygen atoms in total. The Hall–Kier alpha value is -2.70. The predicted octanol–water partition coefficient (Wildman–Crippen LogP) is 1.56. The van der Waals surface area contributed by atoms with Crippen LogP contribution in [0.15, 0.2) is 36.5 Å². The van der Waals surface area contributed by atoms with Crippen molar-refractivity contribution in [3.63, 3.8) is 0 Å². The van der Waals surface area contributed by atoms with Crippen molar-refractivity contribution < 1.29 is 14.7 Å². The molecular formula is C16H20N4O3. The molecule has 2 rings (SSSR count). The number of hydrogen-bond donors (Lipinski definition) is 2. The predicted molar refractivity (Wildman–Crippen MR) is 84.5 cm³/mol. The van der Waals surface area contributed by atoms with Crippen LogP contribution in [0.3, 0.4) is 0 Å². The van der Waals surface area contributed by atoms with E-state index in [0.717, 1.165) is 5.56 Å². The monoisotopic (exact) mass is 316 g/mol. The molecule has 0 aliphatic heterocycles. The van der Waals surface area contributed by atoms with Gasteiger partial charge in [0, 0.05) is 5.56 Å². The van der Waals surface area contributed by atoms with Gasteiger partial charge in [-0.2, -0.15) is 0 Å². The summed E-state index contributed by atoms with van der Waals surface area (Å²) in [6.07, 6.45) is 2.04. The lowest BCUT2D eigenvalue weighted by Gasteiger charge is -2.16.